The lowest BCUT2D eigenvalue weighted by Gasteiger charge is -2.23. The van der Waals surface area contributed by atoms with Crippen LogP contribution in [0.5, 0.6) is 11.5 Å². The second-order valence-corrected chi connectivity index (χ2v) is 5.55. The number of piperidine rings is 1. The Morgan fingerprint density at radius 2 is 1.88 bits per heavy atom. The predicted octanol–water partition coefficient (Wildman–Crippen LogP) is 2.72. The van der Waals surface area contributed by atoms with Crippen LogP contribution < -0.4 is 14.8 Å². The average Bonchev–Trinajstić information content (AvgIpc) is 2.78. The third-order valence-electron chi connectivity index (χ3n) is 3.51. The van der Waals surface area contributed by atoms with Gasteiger partial charge in [-0.05, 0) is 56.0 Å². The molecule has 2 aliphatic rings. The largest absolute Gasteiger partial charge is 0.454 e. The maximum absolute atomic E-state index is 5.43. The third-order valence-corrected chi connectivity index (χ3v) is 4.25. The molecule has 1 aromatic rings. The van der Waals surface area contributed by atoms with E-state index >= 15 is 0 Å². The summed E-state index contributed by atoms with van der Waals surface area (Å²) in [5.74, 6) is 2.52. The van der Waals surface area contributed by atoms with E-state index in [0.717, 1.165) is 41.4 Å². The molecule has 1 aromatic carbocycles. The molecule has 1 saturated heterocycles. The Kier molecular flexibility index (Phi) is 3.25. The molecule has 92 valence electrons. The van der Waals surface area contributed by atoms with E-state index in [1.54, 1.807) is 0 Å². The van der Waals surface area contributed by atoms with Crippen LogP contribution in [0.25, 0.3) is 0 Å². The van der Waals surface area contributed by atoms with Crippen LogP contribution in [0, 0.1) is 5.92 Å². The molecule has 2 aliphatic heterocycles. The van der Waals surface area contributed by atoms with Crippen molar-refractivity contribution < 1.29 is 9.47 Å². The summed E-state index contributed by atoms with van der Waals surface area (Å²) in [4.78, 5) is 0. The summed E-state index contributed by atoms with van der Waals surface area (Å²) >= 11 is 3.63. The number of fused-ring (bicyclic) bond motifs is 1. The van der Waals surface area contributed by atoms with Crippen LogP contribution in [0.4, 0.5) is 0 Å². The van der Waals surface area contributed by atoms with Crippen molar-refractivity contribution in [2.45, 2.75) is 19.3 Å². The quantitative estimate of drug-likeness (QED) is 0.910. The van der Waals surface area contributed by atoms with Crippen LogP contribution in [0.15, 0.2) is 16.6 Å². The zero-order valence-corrected chi connectivity index (χ0v) is 11.3. The van der Waals surface area contributed by atoms with Crippen molar-refractivity contribution in [3.8, 4) is 11.5 Å². The normalized spacial score (nSPS) is 19.6. The molecule has 3 rings (SSSR count). The lowest BCUT2D eigenvalue weighted by atomic mass is 9.91. The fourth-order valence-corrected chi connectivity index (χ4v) is 3.00. The van der Waals surface area contributed by atoms with E-state index in [0.29, 0.717) is 6.79 Å². The van der Waals surface area contributed by atoms with Crippen LogP contribution in [0.2, 0.25) is 0 Å². The van der Waals surface area contributed by atoms with Gasteiger partial charge < -0.3 is 14.8 Å². The molecule has 0 bridgehead atoms. The molecule has 0 saturated carbocycles. The van der Waals surface area contributed by atoms with E-state index in [1.807, 2.05) is 6.07 Å². The van der Waals surface area contributed by atoms with E-state index in [1.165, 1.54) is 18.4 Å². The number of rotatable bonds is 2. The average molecular weight is 298 g/mol. The van der Waals surface area contributed by atoms with Gasteiger partial charge in [0.2, 0.25) is 6.79 Å². The lowest BCUT2D eigenvalue weighted by molar-refractivity contribution is 0.174. The van der Waals surface area contributed by atoms with Gasteiger partial charge in [0.1, 0.15) is 0 Å². The Bertz CT molecular complexity index is 416. The molecule has 1 N–H and O–H groups in total. The zero-order chi connectivity index (χ0) is 11.7. The third kappa shape index (κ3) is 2.43. The molecule has 0 radical (unpaired) electrons. The van der Waals surface area contributed by atoms with Crippen LogP contribution in [0.1, 0.15) is 18.4 Å². The second kappa shape index (κ2) is 4.86. The van der Waals surface area contributed by atoms with Crippen molar-refractivity contribution in [1.29, 1.82) is 0 Å². The van der Waals surface area contributed by atoms with Crippen molar-refractivity contribution in [3.63, 3.8) is 0 Å². The van der Waals surface area contributed by atoms with E-state index in [-0.39, 0.29) is 0 Å². The minimum atomic E-state index is 0.346. The SMILES string of the molecule is Brc1cc2c(cc1CC1CCNCC1)OCO2. The van der Waals surface area contributed by atoms with Crippen LogP contribution >= 0.6 is 15.9 Å². The van der Waals surface area contributed by atoms with Crippen LogP contribution in [0.3, 0.4) is 0 Å². The molecule has 2 heterocycles. The first-order chi connectivity index (χ1) is 8.33. The van der Waals surface area contributed by atoms with Crippen molar-refractivity contribution in [3.05, 3.63) is 22.2 Å². The van der Waals surface area contributed by atoms with Crippen molar-refractivity contribution in [1.82, 2.24) is 5.32 Å². The summed E-state index contributed by atoms with van der Waals surface area (Å²) in [5, 5.41) is 3.40. The molecule has 0 atom stereocenters. The Morgan fingerprint density at radius 3 is 2.65 bits per heavy atom. The van der Waals surface area contributed by atoms with E-state index in [2.05, 4.69) is 27.3 Å². The highest BCUT2D eigenvalue weighted by molar-refractivity contribution is 9.10. The molecule has 0 aliphatic carbocycles. The minimum Gasteiger partial charge on any atom is -0.454 e. The maximum Gasteiger partial charge on any atom is 0.231 e. The Hall–Kier alpha value is -0.740. The summed E-state index contributed by atoms with van der Waals surface area (Å²) in [6.07, 6.45) is 3.65. The lowest BCUT2D eigenvalue weighted by Crippen LogP contribution is -2.28. The fourth-order valence-electron chi connectivity index (χ4n) is 2.51. The molecule has 4 heteroatoms. The number of halogens is 1. The summed E-state index contributed by atoms with van der Waals surface area (Å²) < 4.78 is 11.9. The highest BCUT2D eigenvalue weighted by Crippen LogP contribution is 2.38. The summed E-state index contributed by atoms with van der Waals surface area (Å²) in [5.41, 5.74) is 1.33. The summed E-state index contributed by atoms with van der Waals surface area (Å²) in [7, 11) is 0. The topological polar surface area (TPSA) is 30.5 Å². The first-order valence-electron chi connectivity index (χ1n) is 6.11. The zero-order valence-electron chi connectivity index (χ0n) is 9.67. The monoisotopic (exact) mass is 297 g/mol. The van der Waals surface area contributed by atoms with Gasteiger partial charge in [-0.25, -0.2) is 0 Å². The summed E-state index contributed by atoms with van der Waals surface area (Å²) in [6.45, 7) is 2.64. The molecule has 17 heavy (non-hydrogen) atoms. The molecular weight excluding hydrogens is 282 g/mol. The van der Waals surface area contributed by atoms with Gasteiger partial charge in [0.05, 0.1) is 0 Å². The molecular formula is C13H16BrNO2. The van der Waals surface area contributed by atoms with Gasteiger partial charge in [-0.15, -0.1) is 0 Å². The van der Waals surface area contributed by atoms with E-state index < -0.39 is 0 Å². The van der Waals surface area contributed by atoms with Gasteiger partial charge in [0.25, 0.3) is 0 Å². The van der Waals surface area contributed by atoms with Gasteiger partial charge >= 0.3 is 0 Å². The Labute approximate surface area is 110 Å². The van der Waals surface area contributed by atoms with Gasteiger partial charge in [0.15, 0.2) is 11.5 Å². The number of hydrogen-bond acceptors (Lipinski definition) is 3. The maximum atomic E-state index is 5.43. The minimum absolute atomic E-state index is 0.346. The van der Waals surface area contributed by atoms with E-state index in [9.17, 15) is 0 Å². The molecule has 0 spiro atoms. The van der Waals surface area contributed by atoms with Crippen molar-refractivity contribution >= 4 is 15.9 Å². The second-order valence-electron chi connectivity index (χ2n) is 4.69. The highest BCUT2D eigenvalue weighted by atomic mass is 79.9. The smallest absolute Gasteiger partial charge is 0.231 e. The molecule has 0 unspecified atom stereocenters. The first-order valence-corrected chi connectivity index (χ1v) is 6.91. The fraction of sp³-hybridized carbons (Fsp3) is 0.538. The van der Waals surface area contributed by atoms with Gasteiger partial charge in [-0.3, -0.25) is 0 Å². The Balaban J connectivity index is 1.78. The van der Waals surface area contributed by atoms with Gasteiger partial charge in [-0.2, -0.15) is 0 Å². The molecule has 3 nitrogen and oxygen atoms in total. The highest BCUT2D eigenvalue weighted by Gasteiger charge is 2.19. The summed E-state index contributed by atoms with van der Waals surface area (Å²) in [6, 6.07) is 4.15. The number of ether oxygens (including phenoxy) is 2. The molecule has 0 amide bonds. The van der Waals surface area contributed by atoms with Crippen LogP contribution in [-0.2, 0) is 6.42 Å². The first kappa shape index (κ1) is 11.4. The van der Waals surface area contributed by atoms with Crippen molar-refractivity contribution in [2.24, 2.45) is 5.92 Å². The number of nitrogens with one attached hydrogen (secondary N) is 1. The van der Waals surface area contributed by atoms with Gasteiger partial charge in [-0.1, -0.05) is 15.9 Å². The number of benzene rings is 1. The van der Waals surface area contributed by atoms with Gasteiger partial charge in [0, 0.05) is 4.47 Å². The predicted molar refractivity (Wildman–Crippen MR) is 69.6 cm³/mol. The molecule has 0 aromatic heterocycles. The van der Waals surface area contributed by atoms with Crippen molar-refractivity contribution in [2.75, 3.05) is 19.9 Å². The number of hydrogen-bond donors (Lipinski definition) is 1. The Morgan fingerprint density at radius 1 is 1.18 bits per heavy atom. The molecule has 1 fully saturated rings. The van der Waals surface area contributed by atoms with E-state index in [4.69, 9.17) is 9.47 Å². The standard InChI is InChI=1S/C13H16BrNO2/c14-11-7-13-12(16-8-17-13)6-10(11)5-9-1-3-15-4-2-9/h6-7,9,15H,1-5,8H2. The van der Waals surface area contributed by atoms with Crippen LogP contribution in [-0.4, -0.2) is 19.9 Å².